The highest BCUT2D eigenvalue weighted by Crippen LogP contribution is 2.44. The summed E-state index contributed by atoms with van der Waals surface area (Å²) in [4.78, 5) is 14.7. The highest BCUT2D eigenvalue weighted by Gasteiger charge is 2.47. The van der Waals surface area contributed by atoms with Gasteiger partial charge in [-0.25, -0.2) is 8.78 Å². The number of carbonyl (C=O) groups excluding carboxylic acids is 1. The molecule has 1 amide bonds. The molecule has 3 nitrogen and oxygen atoms in total. The quantitative estimate of drug-likeness (QED) is 0.908. The molecule has 2 aromatic carbocycles. The molecule has 2 aromatic rings. The Bertz CT molecular complexity index is 803. The second-order valence-corrected chi connectivity index (χ2v) is 6.94. The Kier molecular flexibility index (Phi) is 4.04. The molecule has 2 aliphatic rings. The average molecular weight is 342 g/mol. The Morgan fingerprint density at radius 1 is 1.08 bits per heavy atom. The van der Waals surface area contributed by atoms with Gasteiger partial charge in [0.25, 0.3) is 5.91 Å². The van der Waals surface area contributed by atoms with E-state index in [0.29, 0.717) is 12.5 Å². The molecule has 2 heterocycles. The van der Waals surface area contributed by atoms with E-state index in [1.165, 1.54) is 6.07 Å². The molecule has 2 aliphatic heterocycles. The predicted octanol–water partition coefficient (Wildman–Crippen LogP) is 3.31. The zero-order valence-corrected chi connectivity index (χ0v) is 14.0. The Labute approximate surface area is 145 Å². The predicted molar refractivity (Wildman–Crippen MR) is 91.2 cm³/mol. The van der Waals surface area contributed by atoms with Crippen molar-refractivity contribution in [2.75, 3.05) is 19.6 Å². The number of carbonyl (C=O) groups is 1. The normalized spacial score (nSPS) is 25.2. The van der Waals surface area contributed by atoms with Crippen LogP contribution in [0.1, 0.15) is 27.5 Å². The highest BCUT2D eigenvalue weighted by atomic mass is 19.1. The maximum Gasteiger partial charge on any atom is 0.260 e. The standard InChI is InChI=1S/C20H20F2N2O/c1-12-5-2-3-6-14(12)19-15-10-23-9-13(15)11-24(19)20(25)18-16(21)7-4-8-17(18)22/h2-8,13,15,19,23H,9-11H2,1H3/t13-,15-,19-/m0/s1. The second kappa shape index (κ2) is 6.23. The molecule has 0 spiro atoms. The SMILES string of the molecule is Cc1ccccc1[C@H]1[C@H]2CNC[C@H]2CN1C(=O)c1c(F)cccc1F. The molecule has 1 N–H and O–H groups in total. The number of amides is 1. The van der Waals surface area contributed by atoms with Crippen molar-refractivity contribution in [2.24, 2.45) is 11.8 Å². The first kappa shape index (κ1) is 16.2. The van der Waals surface area contributed by atoms with Crippen LogP contribution in [0.4, 0.5) is 8.78 Å². The lowest BCUT2D eigenvalue weighted by Gasteiger charge is -2.30. The van der Waals surface area contributed by atoms with Gasteiger partial charge in [0, 0.05) is 25.6 Å². The number of nitrogens with zero attached hydrogens (tertiary/aromatic N) is 1. The van der Waals surface area contributed by atoms with E-state index in [1.807, 2.05) is 31.2 Å². The van der Waals surface area contributed by atoms with Gasteiger partial charge in [0.2, 0.25) is 0 Å². The summed E-state index contributed by atoms with van der Waals surface area (Å²) in [5.74, 6) is -1.59. The molecule has 25 heavy (non-hydrogen) atoms. The van der Waals surface area contributed by atoms with Crippen LogP contribution in [0.15, 0.2) is 42.5 Å². The van der Waals surface area contributed by atoms with Crippen LogP contribution in [0.25, 0.3) is 0 Å². The molecule has 2 fully saturated rings. The van der Waals surface area contributed by atoms with Gasteiger partial charge in [-0.3, -0.25) is 4.79 Å². The maximum atomic E-state index is 14.2. The molecular weight excluding hydrogens is 322 g/mol. The lowest BCUT2D eigenvalue weighted by molar-refractivity contribution is 0.0703. The van der Waals surface area contributed by atoms with Crippen molar-refractivity contribution in [1.29, 1.82) is 0 Å². The lowest BCUT2D eigenvalue weighted by atomic mass is 9.87. The van der Waals surface area contributed by atoms with Crippen molar-refractivity contribution >= 4 is 5.91 Å². The Morgan fingerprint density at radius 3 is 2.52 bits per heavy atom. The van der Waals surface area contributed by atoms with Crippen LogP contribution in [0.3, 0.4) is 0 Å². The topological polar surface area (TPSA) is 32.3 Å². The van der Waals surface area contributed by atoms with E-state index in [0.717, 1.165) is 36.3 Å². The largest absolute Gasteiger partial charge is 0.331 e. The van der Waals surface area contributed by atoms with Crippen LogP contribution in [-0.4, -0.2) is 30.4 Å². The van der Waals surface area contributed by atoms with Crippen molar-refractivity contribution in [3.05, 3.63) is 70.8 Å². The highest BCUT2D eigenvalue weighted by molar-refractivity contribution is 5.95. The molecule has 130 valence electrons. The minimum Gasteiger partial charge on any atom is -0.331 e. The first-order chi connectivity index (χ1) is 12.1. The number of hydrogen-bond acceptors (Lipinski definition) is 2. The number of rotatable bonds is 2. The van der Waals surface area contributed by atoms with Crippen LogP contribution in [0.5, 0.6) is 0 Å². The van der Waals surface area contributed by atoms with E-state index >= 15 is 0 Å². The van der Waals surface area contributed by atoms with Gasteiger partial charge < -0.3 is 10.2 Å². The van der Waals surface area contributed by atoms with Gasteiger partial charge in [-0.15, -0.1) is 0 Å². The Morgan fingerprint density at radius 2 is 1.80 bits per heavy atom. The second-order valence-electron chi connectivity index (χ2n) is 6.94. The summed E-state index contributed by atoms with van der Waals surface area (Å²) < 4.78 is 28.3. The van der Waals surface area contributed by atoms with E-state index in [2.05, 4.69) is 5.32 Å². The fourth-order valence-electron chi connectivity index (χ4n) is 4.29. The summed E-state index contributed by atoms with van der Waals surface area (Å²) in [5, 5.41) is 3.38. The third-order valence-electron chi connectivity index (χ3n) is 5.51. The van der Waals surface area contributed by atoms with Gasteiger partial charge in [0.15, 0.2) is 0 Å². The van der Waals surface area contributed by atoms with E-state index in [4.69, 9.17) is 0 Å². The molecule has 0 unspecified atom stereocenters. The van der Waals surface area contributed by atoms with Gasteiger partial charge in [-0.1, -0.05) is 30.3 Å². The van der Waals surface area contributed by atoms with E-state index in [9.17, 15) is 13.6 Å². The summed E-state index contributed by atoms with van der Waals surface area (Å²) in [5.41, 5.74) is 1.70. The summed E-state index contributed by atoms with van der Waals surface area (Å²) in [7, 11) is 0. The number of nitrogens with one attached hydrogen (secondary N) is 1. The molecule has 0 aliphatic carbocycles. The van der Waals surface area contributed by atoms with Gasteiger partial charge in [0.05, 0.1) is 6.04 Å². The summed E-state index contributed by atoms with van der Waals surface area (Å²) in [6, 6.07) is 11.3. The maximum absolute atomic E-state index is 14.2. The molecule has 0 saturated carbocycles. The van der Waals surface area contributed by atoms with E-state index in [1.54, 1.807) is 4.90 Å². The molecule has 4 rings (SSSR count). The molecular formula is C20H20F2N2O. The Hall–Kier alpha value is -2.27. The number of hydrogen-bond donors (Lipinski definition) is 1. The van der Waals surface area contributed by atoms with Crippen molar-refractivity contribution < 1.29 is 13.6 Å². The van der Waals surface area contributed by atoms with Crippen molar-refractivity contribution in [3.8, 4) is 0 Å². The number of likely N-dealkylation sites (tertiary alicyclic amines) is 1. The van der Waals surface area contributed by atoms with Gasteiger partial charge >= 0.3 is 0 Å². The molecule has 0 aromatic heterocycles. The number of benzene rings is 2. The third-order valence-corrected chi connectivity index (χ3v) is 5.51. The number of aryl methyl sites for hydroxylation is 1. The van der Waals surface area contributed by atoms with Crippen molar-refractivity contribution in [3.63, 3.8) is 0 Å². The molecule has 5 heteroatoms. The molecule has 0 bridgehead atoms. The number of fused-ring (bicyclic) bond motifs is 1. The first-order valence-electron chi connectivity index (χ1n) is 8.59. The van der Waals surface area contributed by atoms with Gasteiger partial charge in [-0.05, 0) is 36.1 Å². The summed E-state index contributed by atoms with van der Waals surface area (Å²) >= 11 is 0. The van der Waals surface area contributed by atoms with Gasteiger partial charge in [0.1, 0.15) is 17.2 Å². The number of halogens is 2. The smallest absolute Gasteiger partial charge is 0.260 e. The molecule has 2 saturated heterocycles. The minimum absolute atomic E-state index is 0.160. The van der Waals surface area contributed by atoms with Crippen LogP contribution in [-0.2, 0) is 0 Å². The zero-order valence-electron chi connectivity index (χ0n) is 14.0. The summed E-state index contributed by atoms with van der Waals surface area (Å²) in [6.07, 6.45) is 0. The first-order valence-corrected chi connectivity index (χ1v) is 8.59. The average Bonchev–Trinajstić information content (AvgIpc) is 3.16. The van der Waals surface area contributed by atoms with Crippen LogP contribution < -0.4 is 5.32 Å². The van der Waals surface area contributed by atoms with Gasteiger partial charge in [-0.2, -0.15) is 0 Å². The van der Waals surface area contributed by atoms with Crippen LogP contribution in [0.2, 0.25) is 0 Å². The van der Waals surface area contributed by atoms with Crippen LogP contribution >= 0.6 is 0 Å². The van der Waals surface area contributed by atoms with Crippen molar-refractivity contribution in [2.45, 2.75) is 13.0 Å². The molecule has 3 atom stereocenters. The lowest BCUT2D eigenvalue weighted by Crippen LogP contribution is -2.36. The molecule has 0 radical (unpaired) electrons. The third kappa shape index (κ3) is 2.63. The van der Waals surface area contributed by atoms with Crippen LogP contribution in [0, 0.1) is 30.4 Å². The zero-order chi connectivity index (χ0) is 17.6. The van der Waals surface area contributed by atoms with Crippen molar-refractivity contribution in [1.82, 2.24) is 10.2 Å². The van der Waals surface area contributed by atoms with E-state index in [-0.39, 0.29) is 12.0 Å². The monoisotopic (exact) mass is 342 g/mol. The fraction of sp³-hybridized carbons (Fsp3) is 0.350. The minimum atomic E-state index is -0.802. The summed E-state index contributed by atoms with van der Waals surface area (Å²) in [6.45, 7) is 4.17. The Balaban J connectivity index is 1.77. The van der Waals surface area contributed by atoms with E-state index < -0.39 is 23.1 Å². The fourth-order valence-corrected chi connectivity index (χ4v) is 4.29.